The summed E-state index contributed by atoms with van der Waals surface area (Å²) in [5, 5.41) is 8.19. The number of allylic oxidation sites excluding steroid dienone is 1. The molecular formula is C10H12O5. The first-order valence-corrected chi connectivity index (χ1v) is 4.20. The van der Waals surface area contributed by atoms with Crippen molar-refractivity contribution >= 4 is 17.7 Å². The first-order chi connectivity index (χ1) is 6.93. The van der Waals surface area contributed by atoms with Crippen molar-refractivity contribution in [2.45, 2.75) is 13.3 Å². The Balaban J connectivity index is 3.78. The Morgan fingerprint density at radius 1 is 1.33 bits per heavy atom. The van der Waals surface area contributed by atoms with E-state index < -0.39 is 11.9 Å². The number of ketones is 1. The Labute approximate surface area is 87.0 Å². The van der Waals surface area contributed by atoms with Gasteiger partial charge >= 0.3 is 11.9 Å². The minimum absolute atomic E-state index is 0.0575. The third-order valence-corrected chi connectivity index (χ3v) is 1.41. The van der Waals surface area contributed by atoms with Crippen LogP contribution < -0.4 is 0 Å². The van der Waals surface area contributed by atoms with Gasteiger partial charge in [-0.15, -0.1) is 0 Å². The van der Waals surface area contributed by atoms with Gasteiger partial charge in [0.25, 0.3) is 0 Å². The molecule has 5 heteroatoms. The van der Waals surface area contributed by atoms with Gasteiger partial charge in [0.15, 0.2) is 5.78 Å². The van der Waals surface area contributed by atoms with Crippen LogP contribution in [0.15, 0.2) is 24.3 Å². The van der Waals surface area contributed by atoms with Crippen molar-refractivity contribution in [3.05, 3.63) is 24.3 Å². The second-order valence-electron chi connectivity index (χ2n) is 2.79. The van der Waals surface area contributed by atoms with Crippen LogP contribution >= 0.6 is 0 Å². The monoisotopic (exact) mass is 212 g/mol. The van der Waals surface area contributed by atoms with E-state index in [4.69, 9.17) is 5.11 Å². The van der Waals surface area contributed by atoms with Crippen LogP contribution in [0.5, 0.6) is 0 Å². The summed E-state index contributed by atoms with van der Waals surface area (Å²) in [6.45, 7) is 4.92. The van der Waals surface area contributed by atoms with Crippen LogP contribution in [0.4, 0.5) is 0 Å². The van der Waals surface area contributed by atoms with E-state index in [0.29, 0.717) is 11.6 Å². The van der Waals surface area contributed by atoms with Crippen LogP contribution in [0, 0.1) is 0 Å². The molecule has 0 aromatic rings. The standard InChI is InChI=1S/C10H12O5/c1-7(2)8(11)5-6-15-10(14)4-3-9(12)13/h3-4H,1,5-6H2,2H3,(H,12,13). The lowest BCUT2D eigenvalue weighted by Crippen LogP contribution is -2.08. The summed E-state index contributed by atoms with van der Waals surface area (Å²) in [7, 11) is 0. The van der Waals surface area contributed by atoms with Gasteiger partial charge in [-0.3, -0.25) is 4.79 Å². The first-order valence-electron chi connectivity index (χ1n) is 4.20. The SMILES string of the molecule is C=C(C)C(=O)CCOC(=O)C=CC(=O)O. The summed E-state index contributed by atoms with van der Waals surface area (Å²) in [6, 6.07) is 0. The fourth-order valence-electron chi connectivity index (χ4n) is 0.645. The lowest BCUT2D eigenvalue weighted by molar-refractivity contribution is -0.139. The van der Waals surface area contributed by atoms with Crippen molar-refractivity contribution in [2.24, 2.45) is 0 Å². The summed E-state index contributed by atoms with van der Waals surface area (Å²) in [4.78, 5) is 31.8. The van der Waals surface area contributed by atoms with Gasteiger partial charge in [-0.25, -0.2) is 9.59 Å². The third kappa shape index (κ3) is 7.18. The van der Waals surface area contributed by atoms with Gasteiger partial charge in [0.2, 0.25) is 0 Å². The highest BCUT2D eigenvalue weighted by atomic mass is 16.5. The Kier molecular flexibility index (Phi) is 5.70. The molecule has 0 radical (unpaired) electrons. The summed E-state index contributed by atoms with van der Waals surface area (Å²) >= 11 is 0. The molecule has 15 heavy (non-hydrogen) atoms. The topological polar surface area (TPSA) is 80.7 Å². The molecule has 0 aliphatic heterocycles. The minimum Gasteiger partial charge on any atom is -0.478 e. The normalized spacial score (nSPS) is 9.93. The van der Waals surface area contributed by atoms with Crippen molar-refractivity contribution in [3.63, 3.8) is 0 Å². The van der Waals surface area contributed by atoms with E-state index in [1.807, 2.05) is 0 Å². The fraction of sp³-hybridized carbons (Fsp3) is 0.300. The Morgan fingerprint density at radius 2 is 1.93 bits per heavy atom. The van der Waals surface area contributed by atoms with Gasteiger partial charge in [-0.2, -0.15) is 0 Å². The van der Waals surface area contributed by atoms with Gasteiger partial charge in [-0.05, 0) is 12.5 Å². The minimum atomic E-state index is -1.23. The van der Waals surface area contributed by atoms with Crippen LogP contribution in [0.3, 0.4) is 0 Å². The number of hydrogen-bond donors (Lipinski definition) is 1. The predicted octanol–water partition coefficient (Wildman–Crippen LogP) is 0.706. The molecule has 0 aliphatic carbocycles. The summed E-state index contributed by atoms with van der Waals surface area (Å²) < 4.78 is 4.56. The lowest BCUT2D eigenvalue weighted by Gasteiger charge is -2.00. The van der Waals surface area contributed by atoms with Crippen molar-refractivity contribution in [1.82, 2.24) is 0 Å². The molecule has 0 rings (SSSR count). The molecule has 5 nitrogen and oxygen atoms in total. The highest BCUT2D eigenvalue weighted by molar-refractivity contribution is 5.94. The Bertz CT molecular complexity index is 314. The van der Waals surface area contributed by atoms with Gasteiger partial charge in [0.05, 0.1) is 6.61 Å². The lowest BCUT2D eigenvalue weighted by atomic mass is 10.2. The maximum absolute atomic E-state index is 11.0. The molecule has 0 aliphatic rings. The predicted molar refractivity (Wildman–Crippen MR) is 52.2 cm³/mol. The number of carboxylic acids is 1. The van der Waals surface area contributed by atoms with E-state index in [0.717, 1.165) is 6.08 Å². The highest BCUT2D eigenvalue weighted by Gasteiger charge is 2.04. The first kappa shape index (κ1) is 13.1. The number of hydrogen-bond acceptors (Lipinski definition) is 4. The molecule has 0 amide bonds. The molecule has 0 unspecified atom stereocenters. The molecule has 0 aromatic heterocycles. The highest BCUT2D eigenvalue weighted by Crippen LogP contribution is 1.96. The number of esters is 1. The number of carbonyl (C=O) groups is 3. The fourth-order valence-corrected chi connectivity index (χ4v) is 0.645. The van der Waals surface area contributed by atoms with Crippen LogP contribution in [0.25, 0.3) is 0 Å². The van der Waals surface area contributed by atoms with Crippen molar-refractivity contribution < 1.29 is 24.2 Å². The van der Waals surface area contributed by atoms with Gasteiger partial charge in [0, 0.05) is 18.6 Å². The Hall–Kier alpha value is -1.91. The van der Waals surface area contributed by atoms with E-state index >= 15 is 0 Å². The number of rotatable bonds is 6. The zero-order valence-electron chi connectivity index (χ0n) is 8.36. The second-order valence-corrected chi connectivity index (χ2v) is 2.79. The van der Waals surface area contributed by atoms with Crippen LogP contribution in [-0.4, -0.2) is 29.4 Å². The number of carbonyl (C=O) groups excluding carboxylic acids is 2. The average Bonchev–Trinajstić information content (AvgIpc) is 2.14. The van der Waals surface area contributed by atoms with E-state index in [2.05, 4.69) is 11.3 Å². The molecule has 0 aromatic carbocycles. The number of Topliss-reactive ketones (excluding diaryl/α,β-unsaturated/α-hetero) is 1. The van der Waals surface area contributed by atoms with Gasteiger partial charge in [0.1, 0.15) is 0 Å². The molecule has 0 fully saturated rings. The molecule has 0 atom stereocenters. The second kappa shape index (κ2) is 6.53. The molecular weight excluding hydrogens is 200 g/mol. The maximum atomic E-state index is 11.0. The number of ether oxygens (including phenoxy) is 1. The molecule has 0 saturated heterocycles. The summed E-state index contributed by atoms with van der Waals surface area (Å²) in [5.74, 6) is -2.21. The van der Waals surface area contributed by atoms with E-state index in [-0.39, 0.29) is 18.8 Å². The average molecular weight is 212 g/mol. The molecule has 0 heterocycles. The van der Waals surface area contributed by atoms with Crippen molar-refractivity contribution in [3.8, 4) is 0 Å². The smallest absolute Gasteiger partial charge is 0.331 e. The van der Waals surface area contributed by atoms with Crippen LogP contribution in [0.1, 0.15) is 13.3 Å². The van der Waals surface area contributed by atoms with Crippen LogP contribution in [-0.2, 0) is 19.1 Å². The van der Waals surface area contributed by atoms with Crippen molar-refractivity contribution in [1.29, 1.82) is 0 Å². The molecule has 0 spiro atoms. The molecule has 82 valence electrons. The molecule has 0 bridgehead atoms. The van der Waals surface area contributed by atoms with Gasteiger partial charge < -0.3 is 9.84 Å². The number of carboxylic acid groups (broad SMARTS) is 1. The largest absolute Gasteiger partial charge is 0.478 e. The molecule has 0 saturated carbocycles. The molecule has 1 N–H and O–H groups in total. The van der Waals surface area contributed by atoms with E-state index in [1.54, 1.807) is 6.92 Å². The van der Waals surface area contributed by atoms with E-state index in [9.17, 15) is 14.4 Å². The maximum Gasteiger partial charge on any atom is 0.331 e. The zero-order chi connectivity index (χ0) is 11.8. The van der Waals surface area contributed by atoms with Crippen molar-refractivity contribution in [2.75, 3.05) is 6.61 Å². The summed E-state index contributed by atoms with van der Waals surface area (Å²) in [5.41, 5.74) is 0.395. The van der Waals surface area contributed by atoms with Gasteiger partial charge in [-0.1, -0.05) is 6.58 Å². The van der Waals surface area contributed by atoms with Crippen LogP contribution in [0.2, 0.25) is 0 Å². The Morgan fingerprint density at radius 3 is 2.40 bits per heavy atom. The quantitative estimate of drug-likeness (QED) is 0.518. The summed E-state index contributed by atoms with van der Waals surface area (Å²) in [6.07, 6.45) is 1.51. The third-order valence-electron chi connectivity index (χ3n) is 1.41. The van der Waals surface area contributed by atoms with E-state index in [1.165, 1.54) is 0 Å². The zero-order valence-corrected chi connectivity index (χ0v) is 8.36. The number of aliphatic carboxylic acids is 1.